The van der Waals surface area contributed by atoms with Gasteiger partial charge in [0.25, 0.3) is 0 Å². The van der Waals surface area contributed by atoms with E-state index in [2.05, 4.69) is 12.2 Å². The molecule has 0 amide bonds. The molecule has 0 aliphatic carbocycles. The lowest BCUT2D eigenvalue weighted by Crippen LogP contribution is -2.28. The van der Waals surface area contributed by atoms with Crippen molar-refractivity contribution in [2.45, 2.75) is 32.0 Å². The van der Waals surface area contributed by atoms with Crippen LogP contribution >= 0.6 is 11.6 Å². The molecule has 1 heterocycles. The summed E-state index contributed by atoms with van der Waals surface area (Å²) in [5.74, 6) is -0.322. The molecule has 19 heavy (non-hydrogen) atoms. The van der Waals surface area contributed by atoms with Crippen LogP contribution in [0.15, 0.2) is 18.2 Å². The van der Waals surface area contributed by atoms with Crippen molar-refractivity contribution in [1.29, 1.82) is 0 Å². The molecule has 2 rings (SSSR count). The lowest BCUT2D eigenvalue weighted by molar-refractivity contribution is 0.0180. The molecular formula is C14H19ClFNO2. The van der Waals surface area contributed by atoms with E-state index < -0.39 is 5.82 Å². The van der Waals surface area contributed by atoms with Gasteiger partial charge in [-0.3, -0.25) is 0 Å². The molecule has 1 aliphatic heterocycles. The van der Waals surface area contributed by atoms with Gasteiger partial charge in [-0.2, -0.15) is 0 Å². The minimum Gasteiger partial charge on any atom is -0.488 e. The van der Waals surface area contributed by atoms with Gasteiger partial charge in [0.1, 0.15) is 6.61 Å². The van der Waals surface area contributed by atoms with Crippen LogP contribution in [0.25, 0.3) is 0 Å². The quantitative estimate of drug-likeness (QED) is 0.872. The normalized spacial score (nSPS) is 22.7. The number of rotatable bonds is 6. The highest BCUT2D eigenvalue weighted by Gasteiger charge is 2.25. The maximum atomic E-state index is 13.6. The minimum absolute atomic E-state index is 0.0297. The third-order valence-electron chi connectivity index (χ3n) is 3.16. The largest absolute Gasteiger partial charge is 0.488 e. The second-order valence-corrected chi connectivity index (χ2v) is 5.04. The van der Waals surface area contributed by atoms with E-state index in [-0.39, 0.29) is 23.0 Å². The summed E-state index contributed by atoms with van der Waals surface area (Å²) in [4.78, 5) is 0. The predicted molar refractivity (Wildman–Crippen MR) is 73.3 cm³/mol. The van der Waals surface area contributed by atoms with Gasteiger partial charge in [0.2, 0.25) is 0 Å². The van der Waals surface area contributed by atoms with Crippen molar-refractivity contribution >= 4 is 11.6 Å². The molecule has 1 fully saturated rings. The predicted octanol–water partition coefficient (Wildman–Crippen LogP) is 3.02. The summed E-state index contributed by atoms with van der Waals surface area (Å²) in [5, 5.41) is 3.34. The molecule has 0 spiro atoms. The van der Waals surface area contributed by atoms with Gasteiger partial charge in [0.15, 0.2) is 11.6 Å². The van der Waals surface area contributed by atoms with E-state index in [4.69, 9.17) is 21.1 Å². The van der Waals surface area contributed by atoms with Crippen LogP contribution in [-0.2, 0) is 4.74 Å². The topological polar surface area (TPSA) is 30.5 Å². The molecule has 0 aromatic heterocycles. The van der Waals surface area contributed by atoms with E-state index in [0.717, 1.165) is 25.9 Å². The second kappa shape index (κ2) is 7.08. The molecule has 3 nitrogen and oxygen atoms in total. The molecule has 1 aromatic carbocycles. The number of benzene rings is 1. The van der Waals surface area contributed by atoms with Crippen LogP contribution in [0.3, 0.4) is 0 Å². The standard InChI is InChI=1S/C14H19ClFNO2/c1-2-17-8-10-6-7-11(19-10)9-18-13-5-3-4-12(15)14(13)16/h3-5,10-11,17H,2,6-9H2,1H3. The Morgan fingerprint density at radius 1 is 1.42 bits per heavy atom. The third-order valence-corrected chi connectivity index (χ3v) is 3.45. The van der Waals surface area contributed by atoms with Crippen LogP contribution in [0.4, 0.5) is 4.39 Å². The number of hydrogen-bond donors (Lipinski definition) is 1. The summed E-state index contributed by atoms with van der Waals surface area (Å²) in [6.45, 7) is 4.23. The average molecular weight is 288 g/mol. The summed E-state index contributed by atoms with van der Waals surface area (Å²) in [6.07, 6.45) is 2.22. The molecule has 0 saturated carbocycles. The molecule has 1 aromatic rings. The molecular weight excluding hydrogens is 269 g/mol. The maximum Gasteiger partial charge on any atom is 0.183 e. The summed E-state index contributed by atoms with van der Waals surface area (Å²) < 4.78 is 24.9. The van der Waals surface area contributed by atoms with Gasteiger partial charge >= 0.3 is 0 Å². The van der Waals surface area contributed by atoms with E-state index in [1.54, 1.807) is 12.1 Å². The van der Waals surface area contributed by atoms with Crippen molar-refractivity contribution in [2.24, 2.45) is 0 Å². The van der Waals surface area contributed by atoms with Crippen molar-refractivity contribution in [3.8, 4) is 5.75 Å². The van der Waals surface area contributed by atoms with Gasteiger partial charge in [0.05, 0.1) is 17.2 Å². The Hall–Kier alpha value is -0.840. The maximum absolute atomic E-state index is 13.6. The first-order valence-electron chi connectivity index (χ1n) is 6.63. The fourth-order valence-corrected chi connectivity index (χ4v) is 2.30. The summed E-state index contributed by atoms with van der Waals surface area (Å²) in [5.41, 5.74) is 0. The van der Waals surface area contributed by atoms with E-state index in [9.17, 15) is 4.39 Å². The highest BCUT2D eigenvalue weighted by Crippen LogP contribution is 2.26. The van der Waals surface area contributed by atoms with Crippen LogP contribution in [-0.4, -0.2) is 31.9 Å². The molecule has 1 saturated heterocycles. The number of likely N-dealkylation sites (N-methyl/N-ethyl adjacent to an activating group) is 1. The molecule has 2 unspecified atom stereocenters. The van der Waals surface area contributed by atoms with Crippen molar-refractivity contribution in [3.63, 3.8) is 0 Å². The first-order valence-corrected chi connectivity index (χ1v) is 7.01. The van der Waals surface area contributed by atoms with E-state index >= 15 is 0 Å². The molecule has 5 heteroatoms. The number of hydrogen-bond acceptors (Lipinski definition) is 3. The van der Waals surface area contributed by atoms with Gasteiger partial charge in [-0.25, -0.2) is 4.39 Å². The number of halogens is 2. The van der Waals surface area contributed by atoms with Crippen molar-refractivity contribution in [3.05, 3.63) is 29.0 Å². The first kappa shape index (κ1) is 14.6. The van der Waals surface area contributed by atoms with Gasteiger partial charge in [-0.1, -0.05) is 24.6 Å². The Kier molecular flexibility index (Phi) is 5.43. The van der Waals surface area contributed by atoms with Crippen molar-refractivity contribution in [2.75, 3.05) is 19.7 Å². The van der Waals surface area contributed by atoms with E-state index in [1.807, 2.05) is 0 Å². The zero-order valence-electron chi connectivity index (χ0n) is 11.0. The minimum atomic E-state index is -0.508. The lowest BCUT2D eigenvalue weighted by atomic mass is 10.2. The molecule has 106 valence electrons. The van der Waals surface area contributed by atoms with Crippen LogP contribution in [0.2, 0.25) is 5.02 Å². The lowest BCUT2D eigenvalue weighted by Gasteiger charge is -2.15. The smallest absolute Gasteiger partial charge is 0.183 e. The average Bonchev–Trinajstić information content (AvgIpc) is 2.86. The highest BCUT2D eigenvalue weighted by molar-refractivity contribution is 6.30. The SMILES string of the molecule is CCNCC1CCC(COc2cccc(Cl)c2F)O1. The van der Waals surface area contributed by atoms with Gasteiger partial charge in [0, 0.05) is 6.54 Å². The zero-order chi connectivity index (χ0) is 13.7. The summed E-state index contributed by atoms with van der Waals surface area (Å²) >= 11 is 5.70. The van der Waals surface area contributed by atoms with Crippen LogP contribution in [0.5, 0.6) is 5.75 Å². The number of ether oxygens (including phenoxy) is 2. The Balaban J connectivity index is 1.79. The molecule has 1 aliphatic rings. The molecule has 1 N–H and O–H groups in total. The molecule has 2 atom stereocenters. The molecule has 0 bridgehead atoms. The highest BCUT2D eigenvalue weighted by atomic mass is 35.5. The van der Waals surface area contributed by atoms with Gasteiger partial charge < -0.3 is 14.8 Å². The second-order valence-electron chi connectivity index (χ2n) is 4.63. The van der Waals surface area contributed by atoms with Gasteiger partial charge in [-0.15, -0.1) is 0 Å². The van der Waals surface area contributed by atoms with E-state index in [0.29, 0.717) is 6.61 Å². The van der Waals surface area contributed by atoms with Crippen molar-refractivity contribution in [1.82, 2.24) is 5.32 Å². The number of nitrogens with one attached hydrogen (secondary N) is 1. The van der Waals surface area contributed by atoms with Crippen LogP contribution < -0.4 is 10.1 Å². The zero-order valence-corrected chi connectivity index (χ0v) is 11.8. The van der Waals surface area contributed by atoms with Gasteiger partial charge in [-0.05, 0) is 31.5 Å². The fraction of sp³-hybridized carbons (Fsp3) is 0.571. The summed E-state index contributed by atoms with van der Waals surface area (Å²) in [6, 6.07) is 4.75. The van der Waals surface area contributed by atoms with Crippen molar-refractivity contribution < 1.29 is 13.9 Å². The fourth-order valence-electron chi connectivity index (χ4n) is 2.14. The Morgan fingerprint density at radius 2 is 2.21 bits per heavy atom. The third kappa shape index (κ3) is 4.06. The first-order chi connectivity index (χ1) is 9.20. The van der Waals surface area contributed by atoms with E-state index in [1.165, 1.54) is 6.07 Å². The Morgan fingerprint density at radius 3 is 3.00 bits per heavy atom. The van der Waals surface area contributed by atoms with Crippen LogP contribution in [0.1, 0.15) is 19.8 Å². The Bertz CT molecular complexity index is 416. The Labute approximate surface area is 118 Å². The van der Waals surface area contributed by atoms with Crippen LogP contribution in [0, 0.1) is 5.82 Å². The molecule has 0 radical (unpaired) electrons. The summed E-state index contributed by atoms with van der Waals surface area (Å²) in [7, 11) is 0. The monoisotopic (exact) mass is 287 g/mol.